The van der Waals surface area contributed by atoms with Gasteiger partial charge in [-0.1, -0.05) is 51.9 Å². The molecule has 2 aromatic carbocycles. The number of carbonyl (C=O) groups is 4. The summed E-state index contributed by atoms with van der Waals surface area (Å²) in [4.78, 5) is 55.6. The van der Waals surface area contributed by atoms with Crippen molar-refractivity contribution in [2.75, 3.05) is 4.90 Å². The number of ketones is 2. The van der Waals surface area contributed by atoms with Crippen LogP contribution in [0.15, 0.2) is 94.0 Å². The molecule has 0 radical (unpaired) electrons. The summed E-state index contributed by atoms with van der Waals surface area (Å²) < 4.78 is 0.837. The molecule has 1 aliphatic heterocycles. The number of Topliss-reactive ketones (excluding diaryl/α,β-unsaturated/α-hetero) is 1. The smallest absolute Gasteiger partial charge is 0.238 e. The molecule has 196 valence electrons. The molecule has 1 N–H and O–H groups in total. The van der Waals surface area contributed by atoms with E-state index in [1.165, 1.54) is 11.0 Å². The molecule has 6 rings (SSSR count). The number of imide groups is 1. The summed E-state index contributed by atoms with van der Waals surface area (Å²) in [7, 11) is 0. The molecule has 1 saturated heterocycles. The quantitative estimate of drug-likeness (QED) is 0.291. The molecule has 4 atom stereocenters. The Hall–Kier alpha value is -3.84. The Bertz CT molecular complexity index is 1580. The molecule has 0 unspecified atom stereocenters. The van der Waals surface area contributed by atoms with Crippen molar-refractivity contribution >= 4 is 45.0 Å². The Morgan fingerprint density at radius 1 is 1.05 bits per heavy atom. The van der Waals surface area contributed by atoms with Crippen molar-refractivity contribution in [3.8, 4) is 5.75 Å². The molecule has 0 saturated carbocycles. The number of allylic oxidation sites excluding steroid dienone is 7. The number of phenolic OH excluding ortho intramolecular Hbond substituents is 1. The van der Waals surface area contributed by atoms with E-state index in [0.29, 0.717) is 46.4 Å². The van der Waals surface area contributed by atoms with Crippen molar-refractivity contribution in [1.29, 1.82) is 0 Å². The molecule has 2 amide bonds. The van der Waals surface area contributed by atoms with E-state index in [0.717, 1.165) is 10.0 Å². The fraction of sp³-hybridized carbons (Fsp3) is 0.250. The van der Waals surface area contributed by atoms with Crippen molar-refractivity contribution in [3.63, 3.8) is 0 Å². The second kappa shape index (κ2) is 9.42. The second-order valence-electron chi connectivity index (χ2n) is 10.6. The van der Waals surface area contributed by atoms with Crippen LogP contribution in [-0.4, -0.2) is 28.5 Å². The van der Waals surface area contributed by atoms with Crippen LogP contribution in [0, 0.1) is 17.8 Å². The highest BCUT2D eigenvalue weighted by Gasteiger charge is 2.56. The van der Waals surface area contributed by atoms with Crippen LogP contribution in [0.1, 0.15) is 36.8 Å². The highest BCUT2D eigenvalue weighted by atomic mass is 79.9. The molecule has 39 heavy (non-hydrogen) atoms. The Morgan fingerprint density at radius 3 is 2.51 bits per heavy atom. The molecule has 3 aliphatic carbocycles. The Labute approximate surface area is 234 Å². The molecule has 7 heteroatoms. The van der Waals surface area contributed by atoms with E-state index < -0.39 is 23.7 Å². The summed E-state index contributed by atoms with van der Waals surface area (Å²) in [5.74, 6) is -3.32. The summed E-state index contributed by atoms with van der Waals surface area (Å²) >= 11 is 3.40. The zero-order valence-corrected chi connectivity index (χ0v) is 22.9. The van der Waals surface area contributed by atoms with Gasteiger partial charge < -0.3 is 5.11 Å². The van der Waals surface area contributed by atoms with Gasteiger partial charge in [0.1, 0.15) is 5.75 Å². The van der Waals surface area contributed by atoms with E-state index in [1.54, 1.807) is 49.4 Å². The summed E-state index contributed by atoms with van der Waals surface area (Å²) in [6.07, 6.45) is 6.00. The van der Waals surface area contributed by atoms with Gasteiger partial charge in [-0.2, -0.15) is 0 Å². The summed E-state index contributed by atoms with van der Waals surface area (Å²) in [5, 5.41) is 11.3. The first-order valence-electron chi connectivity index (χ1n) is 13.0. The van der Waals surface area contributed by atoms with E-state index in [2.05, 4.69) is 22.5 Å². The Balaban J connectivity index is 1.50. The van der Waals surface area contributed by atoms with E-state index in [-0.39, 0.29) is 35.6 Å². The topological polar surface area (TPSA) is 91.8 Å². The van der Waals surface area contributed by atoms with Gasteiger partial charge in [-0.05, 0) is 68.0 Å². The average molecular weight is 584 g/mol. The number of hydrogen-bond donors (Lipinski definition) is 1. The van der Waals surface area contributed by atoms with Crippen LogP contribution < -0.4 is 4.90 Å². The lowest BCUT2D eigenvalue weighted by atomic mass is 9.59. The molecule has 4 aliphatic rings. The Morgan fingerprint density at radius 2 is 1.79 bits per heavy atom. The molecular weight excluding hydrogens is 558 g/mol. The normalized spacial score (nSPS) is 26.2. The van der Waals surface area contributed by atoms with Crippen LogP contribution in [0.5, 0.6) is 5.75 Å². The standard InChI is InChI=1S/C32H26BrNO5/c1-3-5-17-6-4-7-21(30(17)37)26-20-12-13-22-27(23(20)15-24-25(35)14-16(2)29(36)28(24)26)32(39)34(31(22)38)19-10-8-18(33)9-11-19/h3-4,6-12,14,22-23,26-27,37H,1,5,13,15H2,2H3/t22-,23+,26+,27-/m0/s1. The number of amides is 2. The van der Waals surface area contributed by atoms with Crippen molar-refractivity contribution in [3.05, 3.63) is 105 Å². The molecule has 0 bridgehead atoms. The number of hydrogen-bond acceptors (Lipinski definition) is 5. The summed E-state index contributed by atoms with van der Waals surface area (Å²) in [6, 6.07) is 12.4. The number of anilines is 1. The van der Waals surface area contributed by atoms with Crippen LogP contribution in [0.2, 0.25) is 0 Å². The molecule has 0 spiro atoms. The SMILES string of the molecule is C=CCc1cccc([C@H]2C3=CC[C@@H]4C(=O)N(c5ccc(Br)cc5)C(=O)[C@@H]4[C@@H]3CC3=C2C(=O)C(C)=CC3=O)c1O. The minimum absolute atomic E-state index is 0.0516. The third-order valence-corrected chi connectivity index (χ3v) is 9.00. The fourth-order valence-electron chi connectivity index (χ4n) is 6.73. The third-order valence-electron chi connectivity index (χ3n) is 8.48. The van der Waals surface area contributed by atoms with E-state index in [9.17, 15) is 24.3 Å². The maximum Gasteiger partial charge on any atom is 0.238 e. The summed E-state index contributed by atoms with van der Waals surface area (Å²) in [5.41, 5.74) is 3.60. The van der Waals surface area contributed by atoms with Gasteiger partial charge in [-0.25, -0.2) is 0 Å². The van der Waals surface area contributed by atoms with Gasteiger partial charge in [-0.15, -0.1) is 6.58 Å². The van der Waals surface area contributed by atoms with Crippen molar-refractivity contribution < 1.29 is 24.3 Å². The van der Waals surface area contributed by atoms with Gasteiger partial charge in [-0.3, -0.25) is 24.1 Å². The molecule has 0 aromatic heterocycles. The lowest BCUT2D eigenvalue weighted by Crippen LogP contribution is -2.39. The predicted octanol–water partition coefficient (Wildman–Crippen LogP) is 5.52. The van der Waals surface area contributed by atoms with Crippen LogP contribution in [0.4, 0.5) is 5.69 Å². The Kier molecular flexibility index (Phi) is 6.14. The molecule has 6 nitrogen and oxygen atoms in total. The van der Waals surface area contributed by atoms with Crippen LogP contribution in [0.3, 0.4) is 0 Å². The first-order valence-corrected chi connectivity index (χ1v) is 13.8. The molecule has 1 heterocycles. The van der Waals surface area contributed by atoms with Crippen molar-refractivity contribution in [2.24, 2.45) is 17.8 Å². The number of aromatic hydroxyl groups is 1. The van der Waals surface area contributed by atoms with Gasteiger partial charge >= 0.3 is 0 Å². The minimum Gasteiger partial charge on any atom is -0.507 e. The van der Waals surface area contributed by atoms with Gasteiger partial charge in [0, 0.05) is 32.7 Å². The molecule has 1 fully saturated rings. The van der Waals surface area contributed by atoms with Gasteiger partial charge in [0.05, 0.1) is 17.5 Å². The number of nitrogens with zero attached hydrogens (tertiary/aromatic N) is 1. The number of rotatable bonds is 4. The third kappa shape index (κ3) is 3.82. The van der Waals surface area contributed by atoms with Gasteiger partial charge in [0.15, 0.2) is 11.6 Å². The lowest BCUT2D eigenvalue weighted by molar-refractivity contribution is -0.123. The van der Waals surface area contributed by atoms with E-state index in [4.69, 9.17) is 0 Å². The maximum atomic E-state index is 13.9. The average Bonchev–Trinajstić information content (AvgIpc) is 3.18. The maximum absolute atomic E-state index is 13.9. The highest BCUT2D eigenvalue weighted by molar-refractivity contribution is 9.10. The van der Waals surface area contributed by atoms with Crippen molar-refractivity contribution in [1.82, 2.24) is 0 Å². The number of benzene rings is 2. The van der Waals surface area contributed by atoms with Crippen molar-refractivity contribution in [2.45, 2.75) is 32.1 Å². The van der Waals surface area contributed by atoms with Crippen LogP contribution >= 0.6 is 15.9 Å². The highest BCUT2D eigenvalue weighted by Crippen LogP contribution is 2.56. The molecular formula is C32H26BrNO5. The number of fused-ring (bicyclic) bond motifs is 3. The number of para-hydroxylation sites is 1. The zero-order valence-electron chi connectivity index (χ0n) is 21.3. The summed E-state index contributed by atoms with van der Waals surface area (Å²) in [6.45, 7) is 5.40. The van der Waals surface area contributed by atoms with Crippen LogP contribution in [-0.2, 0) is 25.6 Å². The second-order valence-corrected chi connectivity index (χ2v) is 11.5. The largest absolute Gasteiger partial charge is 0.507 e. The first-order chi connectivity index (χ1) is 18.7. The number of carbonyl (C=O) groups excluding carboxylic acids is 4. The van der Waals surface area contributed by atoms with Crippen LogP contribution in [0.25, 0.3) is 0 Å². The van der Waals surface area contributed by atoms with Gasteiger partial charge in [0.25, 0.3) is 0 Å². The molecule has 2 aromatic rings. The number of phenols is 1. The zero-order chi connectivity index (χ0) is 27.6. The monoisotopic (exact) mass is 583 g/mol. The fourth-order valence-corrected chi connectivity index (χ4v) is 6.99. The first kappa shape index (κ1) is 25.4. The van der Waals surface area contributed by atoms with Gasteiger partial charge in [0.2, 0.25) is 11.8 Å². The lowest BCUT2D eigenvalue weighted by Gasteiger charge is -2.42. The van der Waals surface area contributed by atoms with E-state index >= 15 is 0 Å². The van der Waals surface area contributed by atoms with E-state index in [1.807, 2.05) is 12.1 Å². The predicted molar refractivity (Wildman–Crippen MR) is 150 cm³/mol. The minimum atomic E-state index is -0.686. The number of halogens is 1.